The summed E-state index contributed by atoms with van der Waals surface area (Å²) in [6.07, 6.45) is 1.17. The molecule has 4 aliphatic rings. The van der Waals surface area contributed by atoms with Crippen LogP contribution in [0.4, 0.5) is 0 Å². The van der Waals surface area contributed by atoms with E-state index in [1.165, 1.54) is 6.08 Å². The Kier molecular flexibility index (Phi) is 3.63. The van der Waals surface area contributed by atoms with Crippen LogP contribution in [0.25, 0.3) is 0 Å². The normalized spacial score (nSPS) is 56.0. The van der Waals surface area contributed by atoms with E-state index in [0.29, 0.717) is 0 Å². The van der Waals surface area contributed by atoms with Crippen LogP contribution in [0.3, 0.4) is 0 Å². The number of halogens is 7. The minimum absolute atomic E-state index is 0.160. The van der Waals surface area contributed by atoms with Gasteiger partial charge in [0.15, 0.2) is 9.75 Å². The topological polar surface area (TPSA) is 52.6 Å². The van der Waals surface area contributed by atoms with Gasteiger partial charge in [0.25, 0.3) is 0 Å². The highest BCUT2D eigenvalue weighted by Gasteiger charge is 3.12. The summed E-state index contributed by atoms with van der Waals surface area (Å²) < 4.78 is 9.37. The van der Waals surface area contributed by atoms with Crippen LogP contribution in [0.5, 0.6) is 0 Å². The Morgan fingerprint density at radius 2 is 1.30 bits per heavy atom. The average Bonchev–Trinajstić information content (AvgIpc) is 2.53. The Morgan fingerprint density at radius 1 is 0.870 bits per heavy atom. The van der Waals surface area contributed by atoms with Crippen LogP contribution in [0, 0.1) is 0 Å². The van der Waals surface area contributed by atoms with Crippen LogP contribution in [-0.4, -0.2) is 55.4 Å². The van der Waals surface area contributed by atoms with Crippen molar-refractivity contribution in [2.75, 3.05) is 14.2 Å². The Morgan fingerprint density at radius 3 is 1.74 bits per heavy atom. The van der Waals surface area contributed by atoms with Crippen LogP contribution in [0.1, 0.15) is 0 Å². The highest BCUT2D eigenvalue weighted by Crippen LogP contribution is 2.92. The molecule has 0 N–H and O–H groups in total. The maximum Gasteiger partial charge on any atom is 0.331 e. The fourth-order valence-corrected chi connectivity index (χ4v) is 8.82. The molecule has 0 aliphatic heterocycles. The van der Waals surface area contributed by atoms with Gasteiger partial charge in [0.1, 0.15) is 19.5 Å². The zero-order valence-electron chi connectivity index (χ0n) is 11.4. The molecule has 6 unspecified atom stereocenters. The quantitative estimate of drug-likeness (QED) is 0.466. The molecule has 0 amide bonds. The van der Waals surface area contributed by atoms with E-state index in [0.717, 1.165) is 14.2 Å². The minimum Gasteiger partial charge on any atom is -0.468 e. The molecule has 23 heavy (non-hydrogen) atoms. The highest BCUT2D eigenvalue weighted by molar-refractivity contribution is 6.71. The highest BCUT2D eigenvalue weighted by atomic mass is 35.5. The van der Waals surface area contributed by atoms with Gasteiger partial charge in [0, 0.05) is 5.03 Å². The van der Waals surface area contributed by atoms with Gasteiger partial charge < -0.3 is 9.47 Å². The second-order valence-corrected chi connectivity index (χ2v) is 9.32. The van der Waals surface area contributed by atoms with E-state index in [2.05, 4.69) is 9.47 Å². The van der Waals surface area contributed by atoms with Crippen molar-refractivity contribution in [3.8, 4) is 0 Å². The second-order valence-electron chi connectivity index (χ2n) is 5.48. The van der Waals surface area contributed by atoms with Crippen LogP contribution in [-0.2, 0) is 19.1 Å². The molecule has 0 aromatic rings. The summed E-state index contributed by atoms with van der Waals surface area (Å²) in [5.41, 5.74) is 0. The third-order valence-corrected chi connectivity index (χ3v) is 10.7. The van der Waals surface area contributed by atoms with E-state index in [1.807, 2.05) is 0 Å². The van der Waals surface area contributed by atoms with Gasteiger partial charge in [0.05, 0.1) is 14.2 Å². The van der Waals surface area contributed by atoms with Crippen molar-refractivity contribution in [2.24, 2.45) is 0 Å². The van der Waals surface area contributed by atoms with Crippen molar-refractivity contribution in [1.82, 2.24) is 0 Å². The smallest absolute Gasteiger partial charge is 0.331 e. The summed E-state index contributed by atoms with van der Waals surface area (Å²) in [7, 11) is 2.17. The number of esters is 2. The number of hydrogen-bond acceptors (Lipinski definition) is 4. The molecule has 0 heterocycles. The van der Waals surface area contributed by atoms with Crippen molar-refractivity contribution in [3.63, 3.8) is 0 Å². The molecule has 2 fully saturated rings. The van der Waals surface area contributed by atoms with Gasteiger partial charge in [-0.1, -0.05) is 11.6 Å². The third-order valence-electron chi connectivity index (χ3n) is 4.96. The van der Waals surface area contributed by atoms with Crippen molar-refractivity contribution in [2.45, 2.75) is 29.2 Å². The van der Waals surface area contributed by atoms with E-state index in [-0.39, 0.29) is 5.03 Å². The van der Waals surface area contributed by atoms with Gasteiger partial charge in [-0.05, 0) is 6.08 Å². The van der Waals surface area contributed by atoms with Crippen LogP contribution in [0.2, 0.25) is 0 Å². The third kappa shape index (κ3) is 1.18. The molecule has 128 valence electrons. The predicted octanol–water partition coefficient (Wildman–Crippen LogP) is 3.36. The lowest BCUT2D eigenvalue weighted by atomic mass is 9.31. The molecule has 4 nitrogen and oxygen atoms in total. The molecular weight excluding hydrogens is 456 g/mol. The first kappa shape index (κ1) is 18.5. The SMILES string of the molecule is COC(=O)C1(Cl)C2(Cl)C(Cl)=CC3(Cl)C(Cl)(C(=O)OC)C2(Cl)C31Cl. The minimum atomic E-state index is -2.14. The monoisotopic (exact) mass is 460 g/mol. The molecule has 0 aromatic carbocycles. The molecule has 0 aromatic heterocycles. The van der Waals surface area contributed by atoms with Crippen LogP contribution < -0.4 is 0 Å². The fourth-order valence-electron chi connectivity index (χ4n) is 3.94. The van der Waals surface area contributed by atoms with E-state index < -0.39 is 41.2 Å². The van der Waals surface area contributed by atoms with Gasteiger partial charge in [-0.15, -0.1) is 69.6 Å². The molecule has 0 saturated heterocycles. The summed E-state index contributed by atoms with van der Waals surface area (Å²) in [6.45, 7) is 0. The standard InChI is InChI=1S/C12H7Cl7O4/c1-22-5(20)9(16)7(14)3-4(13)8(15)10(17,6(21)23-2)11(7,18)12(8,9)19/h3H,1-2H3. The maximum absolute atomic E-state index is 12.3. The number of hydrogen-bond donors (Lipinski definition) is 0. The van der Waals surface area contributed by atoms with E-state index in [4.69, 9.17) is 81.2 Å². The predicted molar refractivity (Wildman–Crippen MR) is 89.5 cm³/mol. The van der Waals surface area contributed by atoms with Crippen molar-refractivity contribution >= 4 is 93.1 Å². The van der Waals surface area contributed by atoms with Gasteiger partial charge in [-0.3, -0.25) is 9.59 Å². The maximum atomic E-state index is 12.3. The Labute approximate surface area is 166 Å². The van der Waals surface area contributed by atoms with E-state index >= 15 is 0 Å². The molecule has 0 spiro atoms. The lowest BCUT2D eigenvalue weighted by Gasteiger charge is -2.87. The second kappa shape index (κ2) is 4.51. The first-order chi connectivity index (χ1) is 10.3. The number of carbonyl (C=O) groups is 2. The van der Waals surface area contributed by atoms with Gasteiger partial charge >= 0.3 is 11.9 Å². The molecule has 2 saturated carbocycles. The first-order valence-electron chi connectivity index (χ1n) is 6.03. The molecule has 11 heteroatoms. The first-order valence-corrected chi connectivity index (χ1v) is 8.68. The number of alkyl halides is 6. The van der Waals surface area contributed by atoms with Crippen molar-refractivity contribution < 1.29 is 19.1 Å². The molecule has 4 rings (SSSR count). The molecule has 0 radical (unpaired) electrons. The average molecular weight is 463 g/mol. The largest absolute Gasteiger partial charge is 0.468 e. The summed E-state index contributed by atoms with van der Waals surface area (Å²) in [5.74, 6) is -1.98. The van der Waals surface area contributed by atoms with Crippen molar-refractivity contribution in [3.05, 3.63) is 11.1 Å². The Hall–Kier alpha value is 0.710. The molecule has 4 aliphatic carbocycles. The number of ether oxygens (including phenoxy) is 2. The van der Waals surface area contributed by atoms with Crippen molar-refractivity contribution in [1.29, 1.82) is 0 Å². The number of carbonyl (C=O) groups excluding carboxylic acids is 2. The zero-order valence-corrected chi connectivity index (χ0v) is 16.6. The molecule has 4 bridgehead atoms. The van der Waals surface area contributed by atoms with Gasteiger partial charge in [-0.25, -0.2) is 0 Å². The lowest BCUT2D eigenvalue weighted by Crippen LogP contribution is -3.11. The van der Waals surface area contributed by atoms with Gasteiger partial charge in [0.2, 0.25) is 0 Å². The number of methoxy groups -OCH3 is 2. The Balaban J connectivity index is 2.37. The number of rotatable bonds is 2. The summed E-state index contributed by atoms with van der Waals surface area (Å²) in [5, 5.41) is -0.160. The summed E-state index contributed by atoms with van der Waals surface area (Å²) in [6, 6.07) is 0. The number of allylic oxidation sites excluding steroid dienone is 2. The summed E-state index contributed by atoms with van der Waals surface area (Å²) >= 11 is 45.2. The Bertz CT molecular complexity index is 699. The van der Waals surface area contributed by atoms with E-state index in [9.17, 15) is 9.59 Å². The fraction of sp³-hybridized carbons (Fsp3) is 0.667. The molecule has 6 atom stereocenters. The lowest BCUT2D eigenvalue weighted by molar-refractivity contribution is -0.175. The zero-order chi connectivity index (χ0) is 17.9. The van der Waals surface area contributed by atoms with Gasteiger partial charge in [-0.2, -0.15) is 0 Å². The molecular formula is C12H7Cl7O4. The van der Waals surface area contributed by atoms with Crippen LogP contribution in [0.15, 0.2) is 11.1 Å². The van der Waals surface area contributed by atoms with Crippen LogP contribution >= 0.6 is 81.2 Å². The summed E-state index contributed by atoms with van der Waals surface area (Å²) in [4.78, 5) is 12.5. The van der Waals surface area contributed by atoms with E-state index in [1.54, 1.807) is 0 Å².